The zero-order valence-electron chi connectivity index (χ0n) is 17.4. The van der Waals surface area contributed by atoms with Crippen LogP contribution in [0.15, 0.2) is 52.3 Å². The monoisotopic (exact) mass is 418 g/mol. The van der Waals surface area contributed by atoms with E-state index in [4.69, 9.17) is 0 Å². The summed E-state index contributed by atoms with van der Waals surface area (Å²) >= 11 is 0. The Balaban J connectivity index is 1.67. The maximum absolute atomic E-state index is 12.3. The Morgan fingerprint density at radius 1 is 0.931 bits per heavy atom. The minimum atomic E-state index is -3.58. The first-order chi connectivity index (χ1) is 13.8. The van der Waals surface area contributed by atoms with Gasteiger partial charge in [0.25, 0.3) is 5.56 Å². The molecule has 0 bridgehead atoms. The van der Waals surface area contributed by atoms with Gasteiger partial charge in [-0.3, -0.25) is 9.69 Å². The molecule has 2 heterocycles. The molecule has 1 aromatic carbocycles. The first-order valence-corrected chi connectivity index (χ1v) is 11.4. The number of nitrogens with zero attached hydrogens (tertiary/aromatic N) is 4. The Morgan fingerprint density at radius 3 is 2.21 bits per heavy atom. The molecule has 0 aliphatic carbocycles. The Hall–Kier alpha value is -2.16. The molecular formula is C21H30N4O3S. The number of hydrogen-bond acceptors (Lipinski definition) is 5. The summed E-state index contributed by atoms with van der Waals surface area (Å²) in [7, 11) is 1.29. The van der Waals surface area contributed by atoms with Crippen molar-refractivity contribution in [3.05, 3.63) is 58.5 Å². The molecule has 1 fully saturated rings. The summed E-state index contributed by atoms with van der Waals surface area (Å²) < 4.78 is 27.2. The van der Waals surface area contributed by atoms with Crippen LogP contribution in [0.2, 0.25) is 0 Å². The van der Waals surface area contributed by atoms with Gasteiger partial charge in [0.05, 0.1) is 11.6 Å². The van der Waals surface area contributed by atoms with E-state index in [1.165, 1.54) is 61.9 Å². The molecule has 0 N–H and O–H groups in total. The van der Waals surface area contributed by atoms with Crippen molar-refractivity contribution in [3.63, 3.8) is 0 Å². The van der Waals surface area contributed by atoms with Crippen LogP contribution in [0.3, 0.4) is 0 Å². The Labute approximate surface area is 173 Å². The minimum absolute atomic E-state index is 0.112. The van der Waals surface area contributed by atoms with Gasteiger partial charge in [0.15, 0.2) is 0 Å². The summed E-state index contributed by atoms with van der Waals surface area (Å²) in [6, 6.07) is 11.2. The number of aromatic nitrogens is 1. The molecule has 8 heteroatoms. The molecule has 0 amide bonds. The first kappa shape index (κ1) is 21.5. The van der Waals surface area contributed by atoms with Gasteiger partial charge in [0.2, 0.25) is 10.0 Å². The van der Waals surface area contributed by atoms with Crippen LogP contribution in [-0.2, 0) is 23.2 Å². The van der Waals surface area contributed by atoms with Crippen LogP contribution in [0.4, 0.5) is 5.69 Å². The quantitative estimate of drug-likeness (QED) is 0.690. The van der Waals surface area contributed by atoms with E-state index in [-0.39, 0.29) is 10.5 Å². The SMILES string of the molecule is CN(Cc1ccc(N2CCCCC2)cc1)Cn1cc(S(=O)(=O)N(C)C)ccc1=O. The lowest BCUT2D eigenvalue weighted by molar-refractivity contribution is 0.255. The molecule has 29 heavy (non-hydrogen) atoms. The smallest absolute Gasteiger partial charge is 0.251 e. The fraction of sp³-hybridized carbons (Fsp3) is 0.476. The van der Waals surface area contributed by atoms with Gasteiger partial charge in [-0.25, -0.2) is 12.7 Å². The van der Waals surface area contributed by atoms with E-state index in [2.05, 4.69) is 29.2 Å². The van der Waals surface area contributed by atoms with Crippen molar-refractivity contribution < 1.29 is 8.42 Å². The van der Waals surface area contributed by atoms with Crippen molar-refractivity contribution in [2.45, 2.75) is 37.4 Å². The molecule has 0 atom stereocenters. The molecule has 3 rings (SSSR count). The van der Waals surface area contributed by atoms with Gasteiger partial charge in [0.1, 0.15) is 0 Å². The minimum Gasteiger partial charge on any atom is -0.372 e. The van der Waals surface area contributed by atoms with Crippen LogP contribution in [0, 0.1) is 0 Å². The number of sulfonamides is 1. The maximum Gasteiger partial charge on any atom is 0.251 e. The Bertz CT molecular complexity index is 978. The van der Waals surface area contributed by atoms with Crippen LogP contribution >= 0.6 is 0 Å². The molecule has 1 aromatic heterocycles. The van der Waals surface area contributed by atoms with Crippen LogP contribution in [0.1, 0.15) is 24.8 Å². The Kier molecular flexibility index (Phi) is 6.77. The second kappa shape index (κ2) is 9.11. The number of rotatable bonds is 7. The lowest BCUT2D eigenvalue weighted by Crippen LogP contribution is -2.31. The average molecular weight is 419 g/mol. The third kappa shape index (κ3) is 5.26. The molecule has 158 valence electrons. The molecule has 2 aromatic rings. The van der Waals surface area contributed by atoms with Gasteiger partial charge in [-0.2, -0.15) is 0 Å². The van der Waals surface area contributed by atoms with E-state index in [0.717, 1.165) is 23.0 Å². The molecule has 0 saturated carbocycles. The van der Waals surface area contributed by atoms with Gasteiger partial charge in [-0.15, -0.1) is 0 Å². The van der Waals surface area contributed by atoms with Crippen molar-refractivity contribution in [3.8, 4) is 0 Å². The van der Waals surface area contributed by atoms with Crippen LogP contribution in [0.25, 0.3) is 0 Å². The summed E-state index contributed by atoms with van der Waals surface area (Å²) in [5.74, 6) is 0. The van der Waals surface area contributed by atoms with Crippen molar-refractivity contribution in [2.24, 2.45) is 0 Å². The van der Waals surface area contributed by atoms with Crippen molar-refractivity contribution >= 4 is 15.7 Å². The van der Waals surface area contributed by atoms with E-state index in [1.807, 2.05) is 11.9 Å². The summed E-state index contributed by atoms with van der Waals surface area (Å²) in [5.41, 5.74) is 2.18. The predicted octanol–water partition coefficient (Wildman–Crippen LogP) is 2.18. The lowest BCUT2D eigenvalue weighted by Gasteiger charge is -2.29. The number of anilines is 1. The highest BCUT2D eigenvalue weighted by Crippen LogP contribution is 2.20. The number of pyridine rings is 1. The van der Waals surface area contributed by atoms with E-state index in [1.54, 1.807) is 0 Å². The van der Waals surface area contributed by atoms with Gasteiger partial charge in [-0.1, -0.05) is 12.1 Å². The zero-order chi connectivity index (χ0) is 21.0. The second-order valence-corrected chi connectivity index (χ2v) is 9.98. The van der Waals surface area contributed by atoms with Gasteiger partial charge in [-0.05, 0) is 50.1 Å². The van der Waals surface area contributed by atoms with E-state index in [0.29, 0.717) is 13.2 Å². The van der Waals surface area contributed by atoms with Crippen molar-refractivity contribution in [1.29, 1.82) is 0 Å². The summed E-state index contributed by atoms with van der Waals surface area (Å²) in [6.45, 7) is 3.21. The summed E-state index contributed by atoms with van der Waals surface area (Å²) in [5, 5.41) is 0. The van der Waals surface area contributed by atoms with Crippen molar-refractivity contribution in [1.82, 2.24) is 13.8 Å². The molecule has 1 saturated heterocycles. The highest BCUT2D eigenvalue weighted by Gasteiger charge is 2.18. The third-order valence-corrected chi connectivity index (χ3v) is 7.04. The summed E-state index contributed by atoms with van der Waals surface area (Å²) in [6.07, 6.45) is 5.23. The van der Waals surface area contributed by atoms with Gasteiger partial charge in [0, 0.05) is 51.7 Å². The van der Waals surface area contributed by atoms with Crippen LogP contribution in [-0.4, -0.2) is 56.4 Å². The lowest BCUT2D eigenvalue weighted by atomic mass is 10.1. The highest BCUT2D eigenvalue weighted by molar-refractivity contribution is 7.89. The average Bonchev–Trinajstić information content (AvgIpc) is 2.70. The predicted molar refractivity (Wildman–Crippen MR) is 116 cm³/mol. The number of piperidine rings is 1. The van der Waals surface area contributed by atoms with Crippen molar-refractivity contribution in [2.75, 3.05) is 39.1 Å². The molecule has 1 aliphatic heterocycles. The van der Waals surface area contributed by atoms with E-state index in [9.17, 15) is 13.2 Å². The van der Waals surface area contributed by atoms with Gasteiger partial charge >= 0.3 is 0 Å². The Morgan fingerprint density at radius 2 is 1.59 bits per heavy atom. The standard InChI is InChI=1S/C21H30N4O3S/c1-22(2)29(27,28)20-11-12-21(26)25(16-20)17-23(3)15-18-7-9-19(10-8-18)24-13-5-4-6-14-24/h7-12,16H,4-6,13-15,17H2,1-3H3. The summed E-state index contributed by atoms with van der Waals surface area (Å²) in [4.78, 5) is 16.7. The van der Waals surface area contributed by atoms with E-state index < -0.39 is 10.0 Å². The fourth-order valence-electron chi connectivity index (χ4n) is 3.57. The second-order valence-electron chi connectivity index (χ2n) is 7.83. The topological polar surface area (TPSA) is 65.9 Å². The molecule has 7 nitrogen and oxygen atoms in total. The fourth-order valence-corrected chi connectivity index (χ4v) is 4.49. The normalized spacial score (nSPS) is 15.3. The van der Waals surface area contributed by atoms with E-state index >= 15 is 0 Å². The van der Waals surface area contributed by atoms with Gasteiger partial charge < -0.3 is 9.47 Å². The van der Waals surface area contributed by atoms with Crippen LogP contribution < -0.4 is 10.5 Å². The number of benzene rings is 1. The zero-order valence-corrected chi connectivity index (χ0v) is 18.2. The third-order valence-electron chi connectivity index (χ3n) is 5.24. The molecule has 0 spiro atoms. The molecule has 1 aliphatic rings. The maximum atomic E-state index is 12.3. The molecular weight excluding hydrogens is 388 g/mol. The first-order valence-electron chi connectivity index (χ1n) is 9.93. The molecule has 0 radical (unpaired) electrons. The highest BCUT2D eigenvalue weighted by atomic mass is 32.2. The number of hydrogen-bond donors (Lipinski definition) is 0. The molecule has 0 unspecified atom stereocenters. The largest absolute Gasteiger partial charge is 0.372 e. The van der Waals surface area contributed by atoms with Crippen LogP contribution in [0.5, 0.6) is 0 Å².